The number of piperidine rings is 1. The summed E-state index contributed by atoms with van der Waals surface area (Å²) in [6.07, 6.45) is 4.30. The molecule has 1 amide bonds. The number of hydrogen-bond acceptors (Lipinski definition) is 3. The minimum atomic E-state index is 0.0605. The molecule has 0 aromatic heterocycles. The van der Waals surface area contributed by atoms with Crippen LogP contribution in [-0.4, -0.2) is 43.0 Å². The molecule has 1 aliphatic heterocycles. The van der Waals surface area contributed by atoms with Crippen LogP contribution in [0.2, 0.25) is 0 Å². The Labute approximate surface area is 92.2 Å². The predicted molar refractivity (Wildman–Crippen MR) is 61.5 cm³/mol. The molecule has 1 heterocycles. The van der Waals surface area contributed by atoms with Crippen LogP contribution in [0, 0.1) is 0 Å². The molecule has 0 aromatic rings. The first-order valence-corrected chi connectivity index (χ1v) is 5.88. The molecule has 2 atom stereocenters. The van der Waals surface area contributed by atoms with Crippen LogP contribution in [0.15, 0.2) is 0 Å². The summed E-state index contributed by atoms with van der Waals surface area (Å²) >= 11 is 0. The van der Waals surface area contributed by atoms with Crippen molar-refractivity contribution < 1.29 is 4.79 Å². The Morgan fingerprint density at radius 3 is 2.93 bits per heavy atom. The Balaban J connectivity index is 2.60. The standard InChI is InChI=1S/C11H23N3O/c1-9(6-7-12)14-8-4-3-5-10(14)11(15)13-2/h9-10H,3-8,12H2,1-2H3,(H,13,15). The third-order valence-electron chi connectivity index (χ3n) is 3.24. The largest absolute Gasteiger partial charge is 0.358 e. The quantitative estimate of drug-likeness (QED) is 0.707. The molecule has 0 aliphatic carbocycles. The number of nitrogens with zero attached hydrogens (tertiary/aromatic N) is 1. The lowest BCUT2D eigenvalue weighted by atomic mass is 9.98. The maximum Gasteiger partial charge on any atom is 0.237 e. The van der Waals surface area contributed by atoms with E-state index in [1.165, 1.54) is 6.42 Å². The first kappa shape index (κ1) is 12.5. The van der Waals surface area contributed by atoms with Gasteiger partial charge < -0.3 is 11.1 Å². The summed E-state index contributed by atoms with van der Waals surface area (Å²) in [6.45, 7) is 3.88. The molecule has 2 unspecified atom stereocenters. The van der Waals surface area contributed by atoms with Gasteiger partial charge in [-0.3, -0.25) is 9.69 Å². The van der Waals surface area contributed by atoms with E-state index < -0.39 is 0 Å². The monoisotopic (exact) mass is 213 g/mol. The van der Waals surface area contributed by atoms with Crippen molar-refractivity contribution in [3.8, 4) is 0 Å². The number of rotatable bonds is 4. The van der Waals surface area contributed by atoms with Crippen molar-refractivity contribution in [2.24, 2.45) is 5.73 Å². The van der Waals surface area contributed by atoms with Crippen LogP contribution in [0.25, 0.3) is 0 Å². The van der Waals surface area contributed by atoms with Gasteiger partial charge in [0.05, 0.1) is 6.04 Å². The number of hydrogen-bond donors (Lipinski definition) is 2. The van der Waals surface area contributed by atoms with Crippen molar-refractivity contribution in [2.75, 3.05) is 20.1 Å². The molecule has 0 saturated carbocycles. The van der Waals surface area contributed by atoms with Crippen LogP contribution in [0.5, 0.6) is 0 Å². The Morgan fingerprint density at radius 2 is 2.33 bits per heavy atom. The van der Waals surface area contributed by atoms with E-state index in [2.05, 4.69) is 17.1 Å². The number of amides is 1. The third-order valence-corrected chi connectivity index (χ3v) is 3.24. The Hall–Kier alpha value is -0.610. The van der Waals surface area contributed by atoms with Crippen LogP contribution in [-0.2, 0) is 4.79 Å². The Bertz CT molecular complexity index is 208. The van der Waals surface area contributed by atoms with Gasteiger partial charge in [0.25, 0.3) is 0 Å². The number of carbonyl (C=O) groups is 1. The Kier molecular flexibility index (Phi) is 5.05. The fraction of sp³-hybridized carbons (Fsp3) is 0.909. The van der Waals surface area contributed by atoms with Gasteiger partial charge in [-0.05, 0) is 39.3 Å². The van der Waals surface area contributed by atoms with Gasteiger partial charge in [-0.15, -0.1) is 0 Å². The fourth-order valence-electron chi connectivity index (χ4n) is 2.34. The SMILES string of the molecule is CNC(=O)C1CCCCN1C(C)CCN. The van der Waals surface area contributed by atoms with E-state index in [9.17, 15) is 4.79 Å². The van der Waals surface area contributed by atoms with Gasteiger partial charge in [0.1, 0.15) is 0 Å². The highest BCUT2D eigenvalue weighted by Crippen LogP contribution is 2.20. The normalized spacial score (nSPS) is 24.9. The van der Waals surface area contributed by atoms with Crippen LogP contribution in [0.1, 0.15) is 32.6 Å². The molecule has 1 aliphatic rings. The first-order valence-electron chi connectivity index (χ1n) is 5.88. The Morgan fingerprint density at radius 1 is 1.60 bits per heavy atom. The van der Waals surface area contributed by atoms with Crippen molar-refractivity contribution in [1.82, 2.24) is 10.2 Å². The van der Waals surface area contributed by atoms with Gasteiger partial charge in [0, 0.05) is 13.1 Å². The lowest BCUT2D eigenvalue weighted by molar-refractivity contribution is -0.128. The van der Waals surface area contributed by atoms with Crippen LogP contribution in [0.4, 0.5) is 0 Å². The minimum Gasteiger partial charge on any atom is -0.358 e. The summed E-state index contributed by atoms with van der Waals surface area (Å²) in [5.41, 5.74) is 5.56. The topological polar surface area (TPSA) is 58.4 Å². The minimum absolute atomic E-state index is 0.0605. The zero-order valence-electron chi connectivity index (χ0n) is 9.83. The molecule has 88 valence electrons. The van der Waals surface area contributed by atoms with Crippen LogP contribution in [0.3, 0.4) is 0 Å². The van der Waals surface area contributed by atoms with E-state index in [0.29, 0.717) is 12.6 Å². The molecule has 0 bridgehead atoms. The first-order chi connectivity index (χ1) is 7.20. The predicted octanol–water partition coefficient (Wildman–Crippen LogP) is 0.324. The second-order valence-corrected chi connectivity index (χ2v) is 4.29. The zero-order valence-corrected chi connectivity index (χ0v) is 9.83. The maximum absolute atomic E-state index is 11.7. The molecule has 0 aromatic carbocycles. The van der Waals surface area contributed by atoms with E-state index in [-0.39, 0.29) is 11.9 Å². The molecule has 3 N–H and O–H groups in total. The number of carbonyl (C=O) groups excluding carboxylic acids is 1. The van der Waals surface area contributed by atoms with Gasteiger partial charge in [-0.1, -0.05) is 6.42 Å². The van der Waals surface area contributed by atoms with Gasteiger partial charge in [0.15, 0.2) is 0 Å². The van der Waals surface area contributed by atoms with Gasteiger partial charge >= 0.3 is 0 Å². The van der Waals surface area contributed by atoms with Gasteiger partial charge in [-0.25, -0.2) is 0 Å². The van der Waals surface area contributed by atoms with Crippen molar-refractivity contribution >= 4 is 5.91 Å². The highest BCUT2D eigenvalue weighted by Gasteiger charge is 2.30. The molecular formula is C11H23N3O. The molecule has 4 nitrogen and oxygen atoms in total. The lowest BCUT2D eigenvalue weighted by Crippen LogP contribution is -2.52. The summed E-state index contributed by atoms with van der Waals surface area (Å²) in [7, 11) is 1.71. The van der Waals surface area contributed by atoms with Crippen LogP contribution < -0.4 is 11.1 Å². The number of likely N-dealkylation sites (N-methyl/N-ethyl adjacent to an activating group) is 1. The summed E-state index contributed by atoms with van der Waals surface area (Å²) < 4.78 is 0. The van der Waals surface area contributed by atoms with Crippen molar-refractivity contribution in [3.05, 3.63) is 0 Å². The highest BCUT2D eigenvalue weighted by molar-refractivity contribution is 5.81. The average molecular weight is 213 g/mol. The van der Waals surface area contributed by atoms with Crippen molar-refractivity contribution in [3.63, 3.8) is 0 Å². The molecule has 0 radical (unpaired) electrons. The van der Waals surface area contributed by atoms with E-state index in [0.717, 1.165) is 25.8 Å². The van der Waals surface area contributed by atoms with Crippen molar-refractivity contribution in [1.29, 1.82) is 0 Å². The average Bonchev–Trinajstić information content (AvgIpc) is 2.28. The van der Waals surface area contributed by atoms with Crippen LogP contribution >= 0.6 is 0 Å². The van der Waals surface area contributed by atoms with E-state index in [1.807, 2.05) is 0 Å². The fourth-order valence-corrected chi connectivity index (χ4v) is 2.34. The van der Waals surface area contributed by atoms with E-state index in [1.54, 1.807) is 7.05 Å². The molecule has 1 saturated heterocycles. The van der Waals surface area contributed by atoms with E-state index >= 15 is 0 Å². The molecule has 0 spiro atoms. The summed E-state index contributed by atoms with van der Waals surface area (Å²) in [4.78, 5) is 14.0. The van der Waals surface area contributed by atoms with Gasteiger partial charge in [-0.2, -0.15) is 0 Å². The second-order valence-electron chi connectivity index (χ2n) is 4.29. The summed E-state index contributed by atoms with van der Waals surface area (Å²) in [6, 6.07) is 0.475. The van der Waals surface area contributed by atoms with Crippen molar-refractivity contribution in [2.45, 2.75) is 44.7 Å². The molecule has 1 fully saturated rings. The summed E-state index contributed by atoms with van der Waals surface area (Å²) in [5, 5.41) is 2.75. The van der Waals surface area contributed by atoms with E-state index in [4.69, 9.17) is 5.73 Å². The molecule has 15 heavy (non-hydrogen) atoms. The molecule has 1 rings (SSSR count). The lowest BCUT2D eigenvalue weighted by Gasteiger charge is -2.38. The van der Waals surface area contributed by atoms with Gasteiger partial charge in [0.2, 0.25) is 5.91 Å². The number of likely N-dealkylation sites (tertiary alicyclic amines) is 1. The number of nitrogens with one attached hydrogen (secondary N) is 1. The maximum atomic E-state index is 11.7. The number of nitrogens with two attached hydrogens (primary N) is 1. The smallest absolute Gasteiger partial charge is 0.237 e. The summed E-state index contributed by atoms with van der Waals surface area (Å²) in [5.74, 6) is 0.151. The zero-order chi connectivity index (χ0) is 11.3. The third kappa shape index (κ3) is 3.18. The highest BCUT2D eigenvalue weighted by atomic mass is 16.2. The molecular weight excluding hydrogens is 190 g/mol. The second kappa shape index (κ2) is 6.08. The molecule has 4 heteroatoms.